The van der Waals surface area contributed by atoms with Crippen LogP contribution in [0.5, 0.6) is 0 Å². The Morgan fingerprint density at radius 2 is 2.00 bits per heavy atom. The highest BCUT2D eigenvalue weighted by Crippen LogP contribution is 2.35. The summed E-state index contributed by atoms with van der Waals surface area (Å²) in [5, 5.41) is 0.729. The normalized spacial score (nSPS) is 29.4. The van der Waals surface area contributed by atoms with Crippen LogP contribution in [0.4, 0.5) is 0 Å². The van der Waals surface area contributed by atoms with Crippen LogP contribution in [-0.2, 0) is 0 Å². The van der Waals surface area contributed by atoms with Crippen molar-refractivity contribution in [2.75, 3.05) is 19.3 Å². The van der Waals surface area contributed by atoms with Crippen molar-refractivity contribution in [2.45, 2.75) is 26.1 Å². The number of nitrogens with zero attached hydrogens (tertiary/aromatic N) is 1. The molecule has 1 fully saturated rings. The van der Waals surface area contributed by atoms with Crippen LogP contribution < -0.4 is 0 Å². The first-order valence-electron chi connectivity index (χ1n) is 3.83. The van der Waals surface area contributed by atoms with Gasteiger partial charge in [0.05, 0.1) is 5.37 Å². The maximum absolute atomic E-state index is 2.45. The molecule has 0 amide bonds. The van der Waals surface area contributed by atoms with Gasteiger partial charge < -0.3 is 0 Å². The molecular weight excluding hydrogens is 142 g/mol. The zero-order valence-corrected chi connectivity index (χ0v) is 8.16. The van der Waals surface area contributed by atoms with Gasteiger partial charge in [0.2, 0.25) is 0 Å². The Bertz CT molecular complexity index is 117. The molecule has 0 aromatic heterocycles. The van der Waals surface area contributed by atoms with Crippen LogP contribution in [0.25, 0.3) is 0 Å². The molecule has 0 spiro atoms. The summed E-state index contributed by atoms with van der Waals surface area (Å²) in [6.45, 7) is 8.19. The SMILES string of the molecule is CN1CCSC1C(C)(C)C. The third kappa shape index (κ3) is 1.67. The zero-order valence-electron chi connectivity index (χ0n) is 7.35. The van der Waals surface area contributed by atoms with Crippen molar-refractivity contribution in [3.8, 4) is 0 Å². The molecule has 0 bridgehead atoms. The quantitative estimate of drug-likeness (QED) is 0.532. The van der Waals surface area contributed by atoms with Crippen molar-refractivity contribution in [1.82, 2.24) is 4.90 Å². The summed E-state index contributed by atoms with van der Waals surface area (Å²) in [7, 11) is 2.22. The van der Waals surface area contributed by atoms with E-state index >= 15 is 0 Å². The van der Waals surface area contributed by atoms with E-state index in [9.17, 15) is 0 Å². The number of thioether (sulfide) groups is 1. The zero-order chi connectivity index (χ0) is 7.78. The second-order valence-electron chi connectivity index (χ2n) is 4.07. The van der Waals surface area contributed by atoms with E-state index in [1.807, 2.05) is 0 Å². The molecule has 1 saturated heterocycles. The molecular formula is C8H17NS. The van der Waals surface area contributed by atoms with Crippen LogP contribution in [0, 0.1) is 5.41 Å². The molecule has 1 unspecified atom stereocenters. The highest BCUT2D eigenvalue weighted by Gasteiger charge is 2.32. The van der Waals surface area contributed by atoms with Gasteiger partial charge in [0.1, 0.15) is 0 Å². The maximum atomic E-state index is 2.45. The first kappa shape index (κ1) is 8.41. The molecule has 1 aliphatic rings. The fraction of sp³-hybridized carbons (Fsp3) is 1.00. The average Bonchev–Trinajstić information content (AvgIpc) is 2.11. The minimum Gasteiger partial charge on any atom is -0.293 e. The first-order valence-corrected chi connectivity index (χ1v) is 4.88. The standard InChI is InChI=1S/C8H17NS/c1-8(2,3)7-9(4)5-6-10-7/h7H,5-6H2,1-4H3. The van der Waals surface area contributed by atoms with Crippen LogP contribution in [0.3, 0.4) is 0 Å². The molecule has 1 aliphatic heterocycles. The number of rotatable bonds is 0. The van der Waals surface area contributed by atoms with Crippen LogP contribution in [0.15, 0.2) is 0 Å². The lowest BCUT2D eigenvalue weighted by atomic mass is 9.96. The lowest BCUT2D eigenvalue weighted by molar-refractivity contribution is 0.220. The van der Waals surface area contributed by atoms with E-state index < -0.39 is 0 Å². The third-order valence-corrected chi connectivity index (χ3v) is 3.66. The van der Waals surface area contributed by atoms with E-state index in [1.165, 1.54) is 12.3 Å². The van der Waals surface area contributed by atoms with E-state index in [1.54, 1.807) is 0 Å². The summed E-state index contributed by atoms with van der Waals surface area (Å²) in [4.78, 5) is 2.45. The van der Waals surface area contributed by atoms with Gasteiger partial charge in [-0.15, -0.1) is 11.8 Å². The number of hydrogen-bond acceptors (Lipinski definition) is 2. The largest absolute Gasteiger partial charge is 0.293 e. The lowest BCUT2D eigenvalue weighted by Gasteiger charge is -2.31. The van der Waals surface area contributed by atoms with Gasteiger partial charge in [-0.1, -0.05) is 20.8 Å². The highest BCUT2D eigenvalue weighted by molar-refractivity contribution is 8.00. The molecule has 1 atom stereocenters. The predicted octanol–water partition coefficient (Wildman–Crippen LogP) is 2.04. The Kier molecular flexibility index (Phi) is 2.31. The first-order chi connectivity index (χ1) is 4.52. The molecule has 2 heteroatoms. The fourth-order valence-corrected chi connectivity index (χ4v) is 2.94. The van der Waals surface area contributed by atoms with Crippen LogP contribution in [-0.4, -0.2) is 29.6 Å². The van der Waals surface area contributed by atoms with Crippen LogP contribution >= 0.6 is 11.8 Å². The van der Waals surface area contributed by atoms with Gasteiger partial charge in [0.15, 0.2) is 0 Å². The van der Waals surface area contributed by atoms with Crippen molar-refractivity contribution in [3.63, 3.8) is 0 Å². The fourth-order valence-electron chi connectivity index (χ4n) is 1.46. The maximum Gasteiger partial charge on any atom is 0.0604 e. The molecule has 60 valence electrons. The highest BCUT2D eigenvalue weighted by atomic mass is 32.2. The summed E-state index contributed by atoms with van der Waals surface area (Å²) in [5.41, 5.74) is 0.440. The Labute approximate surface area is 68.2 Å². The molecule has 0 aromatic rings. The summed E-state index contributed by atoms with van der Waals surface area (Å²) >= 11 is 2.08. The summed E-state index contributed by atoms with van der Waals surface area (Å²) in [5.74, 6) is 1.30. The Balaban J connectivity index is 2.55. The lowest BCUT2D eigenvalue weighted by Crippen LogP contribution is -2.34. The summed E-state index contributed by atoms with van der Waals surface area (Å²) < 4.78 is 0. The molecule has 0 aromatic carbocycles. The monoisotopic (exact) mass is 159 g/mol. The van der Waals surface area contributed by atoms with Gasteiger partial charge in [-0.25, -0.2) is 0 Å². The van der Waals surface area contributed by atoms with Crippen molar-refractivity contribution in [1.29, 1.82) is 0 Å². The van der Waals surface area contributed by atoms with Crippen molar-refractivity contribution in [3.05, 3.63) is 0 Å². The van der Waals surface area contributed by atoms with E-state index in [2.05, 4.69) is 44.5 Å². The second-order valence-corrected chi connectivity index (χ2v) is 5.26. The Morgan fingerprint density at radius 3 is 2.20 bits per heavy atom. The van der Waals surface area contributed by atoms with Gasteiger partial charge in [-0.05, 0) is 12.5 Å². The van der Waals surface area contributed by atoms with E-state index in [-0.39, 0.29) is 0 Å². The number of hydrogen-bond donors (Lipinski definition) is 0. The van der Waals surface area contributed by atoms with E-state index in [0.29, 0.717) is 5.41 Å². The minimum absolute atomic E-state index is 0.440. The minimum atomic E-state index is 0.440. The van der Waals surface area contributed by atoms with Crippen LogP contribution in [0.2, 0.25) is 0 Å². The molecule has 0 N–H and O–H groups in total. The molecule has 1 nitrogen and oxygen atoms in total. The molecule has 1 rings (SSSR count). The predicted molar refractivity (Wildman–Crippen MR) is 48.3 cm³/mol. The summed E-state index contributed by atoms with van der Waals surface area (Å²) in [6, 6.07) is 0. The molecule has 10 heavy (non-hydrogen) atoms. The van der Waals surface area contributed by atoms with Gasteiger partial charge in [0.25, 0.3) is 0 Å². The van der Waals surface area contributed by atoms with Gasteiger partial charge in [0, 0.05) is 12.3 Å². The van der Waals surface area contributed by atoms with Gasteiger partial charge >= 0.3 is 0 Å². The molecule has 0 radical (unpaired) electrons. The Hall–Kier alpha value is 0.310. The van der Waals surface area contributed by atoms with E-state index in [4.69, 9.17) is 0 Å². The smallest absolute Gasteiger partial charge is 0.0604 e. The molecule has 0 saturated carbocycles. The Morgan fingerprint density at radius 1 is 1.40 bits per heavy atom. The van der Waals surface area contributed by atoms with Gasteiger partial charge in [-0.2, -0.15) is 0 Å². The van der Waals surface area contributed by atoms with Crippen molar-refractivity contribution in [2.24, 2.45) is 5.41 Å². The van der Waals surface area contributed by atoms with Gasteiger partial charge in [-0.3, -0.25) is 4.90 Å². The van der Waals surface area contributed by atoms with Crippen LogP contribution in [0.1, 0.15) is 20.8 Å². The molecule has 0 aliphatic carbocycles. The topological polar surface area (TPSA) is 3.24 Å². The molecule has 1 heterocycles. The second kappa shape index (κ2) is 2.74. The third-order valence-electron chi connectivity index (χ3n) is 1.86. The van der Waals surface area contributed by atoms with Crippen molar-refractivity contribution >= 4 is 11.8 Å². The summed E-state index contributed by atoms with van der Waals surface area (Å²) in [6.07, 6.45) is 0. The van der Waals surface area contributed by atoms with E-state index in [0.717, 1.165) is 5.37 Å². The average molecular weight is 159 g/mol. The van der Waals surface area contributed by atoms with Crippen molar-refractivity contribution < 1.29 is 0 Å².